The fourth-order valence-corrected chi connectivity index (χ4v) is 2.06. The Morgan fingerprint density at radius 3 is 2.52 bits per heavy atom. The number of hydrogen-bond acceptors (Lipinski definition) is 2. The molecule has 2 amide bonds. The van der Waals surface area contributed by atoms with Crippen molar-refractivity contribution in [3.05, 3.63) is 64.1 Å². The molecule has 106 valence electrons. The molecule has 0 spiro atoms. The fourth-order valence-electron chi connectivity index (χ4n) is 1.72. The molecule has 2 aromatic rings. The van der Waals surface area contributed by atoms with E-state index in [4.69, 9.17) is 28.5 Å². The van der Waals surface area contributed by atoms with Crippen LogP contribution < -0.4 is 10.6 Å². The Morgan fingerprint density at radius 1 is 1.14 bits per heavy atom. The van der Waals surface area contributed by atoms with E-state index in [0.29, 0.717) is 21.3 Å². The minimum Gasteiger partial charge on any atom is -0.318 e. The lowest BCUT2D eigenvalue weighted by atomic mass is 10.1. The van der Waals surface area contributed by atoms with Crippen molar-refractivity contribution < 1.29 is 4.79 Å². The third-order valence-electron chi connectivity index (χ3n) is 2.71. The monoisotopic (exact) mass is 319 g/mol. The van der Waals surface area contributed by atoms with Crippen molar-refractivity contribution in [1.82, 2.24) is 5.32 Å². The van der Waals surface area contributed by atoms with Crippen LogP contribution >= 0.6 is 23.2 Å². The lowest BCUT2D eigenvalue weighted by Gasteiger charge is -2.13. The highest BCUT2D eigenvalue weighted by atomic mass is 35.5. The van der Waals surface area contributed by atoms with E-state index in [9.17, 15) is 4.79 Å². The van der Waals surface area contributed by atoms with Gasteiger partial charge in [-0.15, -0.1) is 0 Å². The Balaban J connectivity index is 2.07. The van der Waals surface area contributed by atoms with Crippen molar-refractivity contribution in [1.29, 1.82) is 5.26 Å². The molecular weight excluding hydrogens is 309 g/mol. The molecule has 0 aliphatic rings. The number of carbonyl (C=O) groups is 1. The minimum atomic E-state index is -0.746. The van der Waals surface area contributed by atoms with Gasteiger partial charge in [0.25, 0.3) is 0 Å². The molecule has 0 heterocycles. The van der Waals surface area contributed by atoms with E-state index >= 15 is 0 Å². The van der Waals surface area contributed by atoms with Gasteiger partial charge >= 0.3 is 6.03 Å². The number of amides is 2. The predicted octanol–water partition coefficient (Wildman–Crippen LogP) is 4.38. The molecule has 0 radical (unpaired) electrons. The SMILES string of the molecule is N#CC(NC(=O)Nc1cc(Cl)ccc1Cl)c1ccccc1. The summed E-state index contributed by atoms with van der Waals surface area (Å²) in [4.78, 5) is 11.9. The molecule has 0 saturated carbocycles. The maximum absolute atomic E-state index is 11.9. The molecule has 0 fully saturated rings. The molecule has 2 aromatic carbocycles. The highest BCUT2D eigenvalue weighted by molar-refractivity contribution is 6.35. The molecule has 0 bridgehead atoms. The van der Waals surface area contributed by atoms with E-state index in [1.807, 2.05) is 12.1 Å². The van der Waals surface area contributed by atoms with Crippen LogP contribution in [0.4, 0.5) is 10.5 Å². The molecule has 2 rings (SSSR count). The summed E-state index contributed by atoms with van der Waals surface area (Å²) in [5.41, 5.74) is 1.08. The lowest BCUT2D eigenvalue weighted by molar-refractivity contribution is 0.250. The molecule has 0 aromatic heterocycles. The number of rotatable bonds is 3. The van der Waals surface area contributed by atoms with Crippen LogP contribution in [0.2, 0.25) is 10.0 Å². The van der Waals surface area contributed by atoms with Crippen LogP contribution in [-0.4, -0.2) is 6.03 Å². The van der Waals surface area contributed by atoms with Gasteiger partial charge in [-0.2, -0.15) is 5.26 Å². The second-order valence-electron chi connectivity index (χ2n) is 4.20. The zero-order valence-electron chi connectivity index (χ0n) is 10.8. The first-order valence-corrected chi connectivity index (χ1v) is 6.83. The van der Waals surface area contributed by atoms with Crippen LogP contribution in [0, 0.1) is 11.3 Å². The van der Waals surface area contributed by atoms with Crippen LogP contribution in [0.15, 0.2) is 48.5 Å². The Labute approximate surface area is 132 Å². The Bertz CT molecular complexity index is 683. The van der Waals surface area contributed by atoms with Gasteiger partial charge in [-0.3, -0.25) is 0 Å². The summed E-state index contributed by atoms with van der Waals surface area (Å²) in [5, 5.41) is 15.1. The summed E-state index contributed by atoms with van der Waals surface area (Å²) in [6, 6.07) is 14.5. The first kappa shape index (κ1) is 15.2. The molecule has 6 heteroatoms. The summed E-state index contributed by atoms with van der Waals surface area (Å²) in [6.07, 6.45) is 0. The van der Waals surface area contributed by atoms with Crippen molar-refractivity contribution >= 4 is 34.9 Å². The number of carbonyl (C=O) groups excluding carboxylic acids is 1. The van der Waals surface area contributed by atoms with Crippen molar-refractivity contribution in [2.45, 2.75) is 6.04 Å². The quantitative estimate of drug-likeness (QED) is 0.881. The van der Waals surface area contributed by atoms with Gasteiger partial charge < -0.3 is 10.6 Å². The Hall–Kier alpha value is -2.22. The average molecular weight is 320 g/mol. The first-order valence-electron chi connectivity index (χ1n) is 6.07. The van der Waals surface area contributed by atoms with Gasteiger partial charge in [0.05, 0.1) is 16.8 Å². The summed E-state index contributed by atoms with van der Waals surface area (Å²) < 4.78 is 0. The molecule has 2 N–H and O–H groups in total. The lowest BCUT2D eigenvalue weighted by Crippen LogP contribution is -2.32. The number of urea groups is 1. The maximum Gasteiger partial charge on any atom is 0.320 e. The van der Waals surface area contributed by atoms with Gasteiger partial charge in [0.1, 0.15) is 6.04 Å². The first-order chi connectivity index (χ1) is 10.1. The summed E-state index contributed by atoms with van der Waals surface area (Å²) >= 11 is 11.8. The average Bonchev–Trinajstić information content (AvgIpc) is 2.49. The smallest absolute Gasteiger partial charge is 0.318 e. The van der Waals surface area contributed by atoms with Crippen LogP contribution in [0.5, 0.6) is 0 Å². The van der Waals surface area contributed by atoms with Crippen molar-refractivity contribution in [2.75, 3.05) is 5.32 Å². The van der Waals surface area contributed by atoms with Crippen LogP contribution in [0.1, 0.15) is 11.6 Å². The number of anilines is 1. The zero-order valence-corrected chi connectivity index (χ0v) is 12.3. The van der Waals surface area contributed by atoms with E-state index in [2.05, 4.69) is 10.6 Å². The third kappa shape index (κ3) is 4.12. The zero-order chi connectivity index (χ0) is 15.2. The standard InChI is InChI=1S/C15H11Cl2N3O/c16-11-6-7-12(17)13(8-11)19-15(21)20-14(9-18)10-4-2-1-3-5-10/h1-8,14H,(H2,19,20,21). The second-order valence-corrected chi connectivity index (χ2v) is 5.04. The molecule has 1 unspecified atom stereocenters. The second kappa shape index (κ2) is 6.98. The van der Waals surface area contributed by atoms with Crippen molar-refractivity contribution in [2.24, 2.45) is 0 Å². The summed E-state index contributed by atoms with van der Waals surface area (Å²) in [6.45, 7) is 0. The summed E-state index contributed by atoms with van der Waals surface area (Å²) in [5.74, 6) is 0. The molecule has 0 aliphatic heterocycles. The Morgan fingerprint density at radius 2 is 1.86 bits per heavy atom. The number of nitrogens with zero attached hydrogens (tertiary/aromatic N) is 1. The third-order valence-corrected chi connectivity index (χ3v) is 3.28. The minimum absolute atomic E-state index is 0.364. The number of nitriles is 1. The highest BCUT2D eigenvalue weighted by Crippen LogP contribution is 2.25. The molecule has 1 atom stereocenters. The van der Waals surface area contributed by atoms with Crippen LogP contribution in [0.25, 0.3) is 0 Å². The number of hydrogen-bond donors (Lipinski definition) is 2. The topological polar surface area (TPSA) is 64.9 Å². The normalized spacial score (nSPS) is 11.3. The fraction of sp³-hybridized carbons (Fsp3) is 0.0667. The van der Waals surface area contributed by atoms with Gasteiger partial charge in [0.15, 0.2) is 0 Å². The number of halogens is 2. The van der Waals surface area contributed by atoms with Crippen molar-refractivity contribution in [3.63, 3.8) is 0 Å². The van der Waals surface area contributed by atoms with Crippen molar-refractivity contribution in [3.8, 4) is 6.07 Å². The van der Waals surface area contributed by atoms with Crippen LogP contribution in [-0.2, 0) is 0 Å². The van der Waals surface area contributed by atoms with Gasteiger partial charge in [0.2, 0.25) is 0 Å². The molecule has 4 nitrogen and oxygen atoms in total. The molecule has 21 heavy (non-hydrogen) atoms. The molecule has 0 aliphatic carbocycles. The van der Waals surface area contributed by atoms with E-state index in [1.54, 1.807) is 36.4 Å². The highest BCUT2D eigenvalue weighted by Gasteiger charge is 2.14. The van der Waals surface area contributed by atoms with Gasteiger partial charge in [-0.05, 0) is 23.8 Å². The van der Waals surface area contributed by atoms with E-state index in [0.717, 1.165) is 0 Å². The molecule has 0 saturated heterocycles. The number of benzene rings is 2. The van der Waals surface area contributed by atoms with E-state index < -0.39 is 12.1 Å². The van der Waals surface area contributed by atoms with Gasteiger partial charge in [-0.1, -0.05) is 53.5 Å². The predicted molar refractivity (Wildman–Crippen MR) is 83.4 cm³/mol. The van der Waals surface area contributed by atoms with Crippen LogP contribution in [0.3, 0.4) is 0 Å². The van der Waals surface area contributed by atoms with E-state index in [1.165, 1.54) is 6.07 Å². The largest absolute Gasteiger partial charge is 0.320 e. The van der Waals surface area contributed by atoms with Gasteiger partial charge in [0, 0.05) is 5.02 Å². The molecular formula is C15H11Cl2N3O. The summed E-state index contributed by atoms with van der Waals surface area (Å²) in [7, 11) is 0. The van der Waals surface area contributed by atoms with Gasteiger partial charge in [-0.25, -0.2) is 4.79 Å². The van der Waals surface area contributed by atoms with E-state index in [-0.39, 0.29) is 0 Å². The maximum atomic E-state index is 11.9. The number of nitrogens with one attached hydrogen (secondary N) is 2. The Kier molecular flexibility index (Phi) is 5.04.